The Hall–Kier alpha value is -2.19. The molecule has 0 fully saturated rings. The van der Waals surface area contributed by atoms with Gasteiger partial charge in [-0.3, -0.25) is 14.5 Å². The number of amides is 1. The summed E-state index contributed by atoms with van der Waals surface area (Å²) in [6, 6.07) is 8.21. The van der Waals surface area contributed by atoms with Crippen LogP contribution >= 0.6 is 11.3 Å². The number of carbonyl (C=O) groups is 1. The van der Waals surface area contributed by atoms with Gasteiger partial charge in [0.15, 0.2) is 0 Å². The van der Waals surface area contributed by atoms with Crippen molar-refractivity contribution in [2.45, 2.75) is 49.8 Å². The van der Waals surface area contributed by atoms with Gasteiger partial charge in [0, 0.05) is 23.5 Å². The zero-order chi connectivity index (χ0) is 19.6. The van der Waals surface area contributed by atoms with Crippen LogP contribution in [0.3, 0.4) is 0 Å². The summed E-state index contributed by atoms with van der Waals surface area (Å²) in [6.07, 6.45) is 6.92. The molecule has 28 heavy (non-hydrogen) atoms. The van der Waals surface area contributed by atoms with E-state index in [-0.39, 0.29) is 10.8 Å². The Kier molecular flexibility index (Phi) is 5.50. The van der Waals surface area contributed by atoms with E-state index in [4.69, 9.17) is 0 Å². The van der Waals surface area contributed by atoms with Crippen molar-refractivity contribution < 1.29 is 13.2 Å². The highest BCUT2D eigenvalue weighted by Crippen LogP contribution is 2.31. The van der Waals surface area contributed by atoms with Gasteiger partial charge >= 0.3 is 0 Å². The summed E-state index contributed by atoms with van der Waals surface area (Å²) in [5.74, 6) is 0.376. The van der Waals surface area contributed by atoms with Crippen LogP contribution in [0.1, 0.15) is 52.2 Å². The van der Waals surface area contributed by atoms with Gasteiger partial charge in [-0.1, -0.05) is 6.42 Å². The fourth-order valence-corrected chi connectivity index (χ4v) is 5.76. The van der Waals surface area contributed by atoms with E-state index in [1.807, 2.05) is 6.07 Å². The number of anilines is 1. The Morgan fingerprint density at radius 3 is 2.61 bits per heavy atom. The van der Waals surface area contributed by atoms with Gasteiger partial charge in [-0.15, -0.1) is 11.3 Å². The number of carbonyl (C=O) groups excluding carboxylic acids is 1. The molecule has 0 spiro atoms. The second kappa shape index (κ2) is 8.05. The molecule has 2 aliphatic rings. The zero-order valence-electron chi connectivity index (χ0n) is 15.5. The first-order valence-electron chi connectivity index (χ1n) is 9.60. The molecule has 1 aromatic heterocycles. The number of hydrogen-bond acceptors (Lipinski definition) is 5. The molecule has 0 atom stereocenters. The van der Waals surface area contributed by atoms with E-state index in [2.05, 4.69) is 15.0 Å². The minimum absolute atomic E-state index is 0.152. The van der Waals surface area contributed by atoms with Crippen molar-refractivity contribution in [3.05, 3.63) is 45.6 Å². The van der Waals surface area contributed by atoms with Crippen LogP contribution in [-0.2, 0) is 22.9 Å². The van der Waals surface area contributed by atoms with Gasteiger partial charge in [0.25, 0.3) is 15.9 Å². The monoisotopic (exact) mass is 417 g/mol. The molecule has 1 aliphatic carbocycles. The van der Waals surface area contributed by atoms with Gasteiger partial charge in [-0.05, 0) is 68.0 Å². The number of aliphatic imine (C=N–C) groups is 1. The van der Waals surface area contributed by atoms with E-state index in [1.165, 1.54) is 29.0 Å². The van der Waals surface area contributed by atoms with E-state index in [9.17, 15) is 13.2 Å². The molecule has 4 rings (SSSR count). The summed E-state index contributed by atoms with van der Waals surface area (Å²) in [7, 11) is -3.66. The number of benzene rings is 1. The third kappa shape index (κ3) is 4.28. The van der Waals surface area contributed by atoms with Crippen LogP contribution in [0.15, 0.2) is 40.2 Å². The van der Waals surface area contributed by atoms with Crippen molar-refractivity contribution in [1.82, 2.24) is 4.72 Å². The van der Waals surface area contributed by atoms with E-state index < -0.39 is 10.0 Å². The van der Waals surface area contributed by atoms with Gasteiger partial charge in [0.05, 0.1) is 9.77 Å². The fraction of sp³-hybridized carbons (Fsp3) is 0.400. The van der Waals surface area contributed by atoms with E-state index in [0.29, 0.717) is 29.4 Å². The molecule has 0 bridgehead atoms. The molecule has 0 radical (unpaired) electrons. The number of nitrogens with zero attached hydrogens (tertiary/aromatic N) is 1. The molecular formula is C20H23N3O3S2. The minimum atomic E-state index is -3.66. The first-order valence-corrected chi connectivity index (χ1v) is 11.9. The lowest BCUT2D eigenvalue weighted by atomic mass is 10.2. The predicted octanol–water partition coefficient (Wildman–Crippen LogP) is 3.74. The number of rotatable bonds is 4. The molecule has 2 aromatic rings. The number of thiophene rings is 1. The maximum Gasteiger partial charge on any atom is 0.265 e. The van der Waals surface area contributed by atoms with Gasteiger partial charge in [-0.2, -0.15) is 0 Å². The van der Waals surface area contributed by atoms with Crippen LogP contribution < -0.4 is 10.0 Å². The molecule has 0 saturated heterocycles. The predicted molar refractivity (Wildman–Crippen MR) is 112 cm³/mol. The lowest BCUT2D eigenvalue weighted by Gasteiger charge is -2.10. The van der Waals surface area contributed by atoms with Crippen LogP contribution in [0.25, 0.3) is 0 Å². The topological polar surface area (TPSA) is 87.6 Å². The average Bonchev–Trinajstić information content (AvgIpc) is 3.18. The Bertz CT molecular complexity index is 986. The smallest absolute Gasteiger partial charge is 0.265 e. The van der Waals surface area contributed by atoms with Crippen molar-refractivity contribution in [2.75, 3.05) is 11.9 Å². The Balaban J connectivity index is 1.42. The van der Waals surface area contributed by atoms with Gasteiger partial charge in [0.1, 0.15) is 5.84 Å². The lowest BCUT2D eigenvalue weighted by Crippen LogP contribution is -2.30. The van der Waals surface area contributed by atoms with Crippen molar-refractivity contribution >= 4 is 38.8 Å². The number of fused-ring (bicyclic) bond motifs is 1. The fourth-order valence-electron chi connectivity index (χ4n) is 3.52. The standard InChI is InChI=1S/C20H23N3O3S2/c24-20(18-13-14-5-4-6-17(14)27-18)22-15-8-10-16(11-9-15)28(25,26)23-19-7-2-1-3-12-21-19/h8-11,13H,1-7,12H2,(H,21,23)(H,22,24). The molecule has 1 amide bonds. The van der Waals surface area contributed by atoms with E-state index in [1.54, 1.807) is 23.5 Å². The third-order valence-electron chi connectivity index (χ3n) is 5.02. The molecule has 0 saturated carbocycles. The lowest BCUT2D eigenvalue weighted by molar-refractivity contribution is 0.103. The van der Waals surface area contributed by atoms with Crippen LogP contribution in [-0.4, -0.2) is 26.7 Å². The van der Waals surface area contributed by atoms with E-state index >= 15 is 0 Å². The molecule has 0 unspecified atom stereocenters. The van der Waals surface area contributed by atoms with E-state index in [0.717, 1.165) is 32.1 Å². The highest BCUT2D eigenvalue weighted by molar-refractivity contribution is 7.90. The van der Waals surface area contributed by atoms with Gasteiger partial charge < -0.3 is 5.32 Å². The summed E-state index contributed by atoms with van der Waals surface area (Å²) in [6.45, 7) is 0.662. The number of sulfonamides is 1. The quantitative estimate of drug-likeness (QED) is 0.794. The molecular weight excluding hydrogens is 394 g/mol. The summed E-state index contributed by atoms with van der Waals surface area (Å²) >= 11 is 1.55. The SMILES string of the molecule is O=C(Nc1ccc(S(=O)(=O)NC2=NCCCCC2)cc1)c1cc2c(s1)CCC2. The van der Waals surface area contributed by atoms with Crippen molar-refractivity contribution in [3.8, 4) is 0 Å². The molecule has 1 aromatic carbocycles. The molecule has 6 nitrogen and oxygen atoms in total. The molecule has 2 heterocycles. The van der Waals surface area contributed by atoms with Gasteiger partial charge in [-0.25, -0.2) is 8.42 Å². The highest BCUT2D eigenvalue weighted by Gasteiger charge is 2.20. The Labute approximate surface area is 169 Å². The zero-order valence-corrected chi connectivity index (χ0v) is 17.2. The third-order valence-corrected chi connectivity index (χ3v) is 7.65. The summed E-state index contributed by atoms with van der Waals surface area (Å²) in [4.78, 5) is 18.9. The van der Waals surface area contributed by atoms with Crippen LogP contribution in [0, 0.1) is 0 Å². The Morgan fingerprint density at radius 2 is 1.82 bits per heavy atom. The Morgan fingerprint density at radius 1 is 1.00 bits per heavy atom. The maximum absolute atomic E-state index is 12.6. The second-order valence-electron chi connectivity index (χ2n) is 7.14. The molecule has 8 heteroatoms. The average molecular weight is 418 g/mol. The summed E-state index contributed by atoms with van der Waals surface area (Å²) < 4.78 is 27.7. The number of nitrogens with one attached hydrogen (secondary N) is 2. The second-order valence-corrected chi connectivity index (χ2v) is 9.95. The summed E-state index contributed by atoms with van der Waals surface area (Å²) in [5.41, 5.74) is 1.86. The van der Waals surface area contributed by atoms with Crippen molar-refractivity contribution in [3.63, 3.8) is 0 Å². The number of amidine groups is 1. The van der Waals surface area contributed by atoms with Crippen molar-refractivity contribution in [2.24, 2.45) is 4.99 Å². The number of aryl methyl sites for hydroxylation is 2. The van der Waals surface area contributed by atoms with Crippen LogP contribution in [0.2, 0.25) is 0 Å². The highest BCUT2D eigenvalue weighted by atomic mass is 32.2. The minimum Gasteiger partial charge on any atom is -0.321 e. The first kappa shape index (κ1) is 19.1. The largest absolute Gasteiger partial charge is 0.321 e. The van der Waals surface area contributed by atoms with Gasteiger partial charge in [0.2, 0.25) is 0 Å². The molecule has 148 valence electrons. The summed E-state index contributed by atoms with van der Waals surface area (Å²) in [5, 5.41) is 2.85. The number of hydrogen-bond donors (Lipinski definition) is 2. The molecule has 1 aliphatic heterocycles. The normalized spacial score (nSPS) is 16.8. The molecule has 2 N–H and O–H groups in total. The van der Waals surface area contributed by atoms with Crippen molar-refractivity contribution in [1.29, 1.82) is 0 Å². The maximum atomic E-state index is 12.6. The van der Waals surface area contributed by atoms with Crippen LogP contribution in [0.5, 0.6) is 0 Å². The first-order chi connectivity index (χ1) is 13.5. The van der Waals surface area contributed by atoms with Crippen LogP contribution in [0.4, 0.5) is 5.69 Å².